The lowest BCUT2D eigenvalue weighted by atomic mass is 10.0. The first-order chi connectivity index (χ1) is 16.2. The molecule has 0 fully saturated rings. The van der Waals surface area contributed by atoms with Gasteiger partial charge in [0.05, 0.1) is 4.90 Å². The van der Waals surface area contributed by atoms with Crippen molar-refractivity contribution in [2.45, 2.75) is 23.9 Å². The van der Waals surface area contributed by atoms with Gasteiger partial charge in [0.1, 0.15) is 6.04 Å². The molecule has 3 aromatic carbocycles. The molecular formula is C24H22BrN3O5S. The lowest BCUT2D eigenvalue weighted by Crippen LogP contribution is -2.47. The number of Topliss-reactive ketones (excluding diaryl/α,β-unsaturated/α-hetero) is 1. The number of hydrogen-bond donors (Lipinski definition) is 3. The van der Waals surface area contributed by atoms with Gasteiger partial charge in [0.15, 0.2) is 0 Å². The number of carbonyl (C=O) groups is 3. The molecule has 0 bridgehead atoms. The minimum atomic E-state index is -3.74. The Hall–Kier alpha value is -3.34. The van der Waals surface area contributed by atoms with Gasteiger partial charge in [0.25, 0.3) is 11.8 Å². The SMILES string of the molecule is NC(=O)C(=O)C(Cc1ccccc1)NC(=O)c1ccc(CNS(=O)(=O)c2ccccc2Br)cc1. The molecule has 0 spiro atoms. The van der Waals surface area contributed by atoms with Crippen molar-refractivity contribution in [3.05, 3.63) is 100 Å². The van der Waals surface area contributed by atoms with Crippen LogP contribution >= 0.6 is 15.9 Å². The number of primary amides is 1. The highest BCUT2D eigenvalue weighted by molar-refractivity contribution is 9.10. The van der Waals surface area contributed by atoms with Gasteiger partial charge in [0, 0.05) is 23.0 Å². The van der Waals surface area contributed by atoms with Crippen molar-refractivity contribution in [3.8, 4) is 0 Å². The summed E-state index contributed by atoms with van der Waals surface area (Å²) in [5.41, 5.74) is 6.77. The fourth-order valence-electron chi connectivity index (χ4n) is 3.17. The molecule has 10 heteroatoms. The summed E-state index contributed by atoms with van der Waals surface area (Å²) in [5.74, 6) is -2.58. The Morgan fingerprint density at radius 3 is 2.09 bits per heavy atom. The van der Waals surface area contributed by atoms with E-state index in [1.54, 1.807) is 54.6 Å². The Balaban J connectivity index is 1.67. The maximum Gasteiger partial charge on any atom is 0.287 e. The van der Waals surface area contributed by atoms with Gasteiger partial charge in [-0.2, -0.15) is 0 Å². The molecule has 0 radical (unpaired) electrons. The van der Waals surface area contributed by atoms with Gasteiger partial charge in [0.2, 0.25) is 15.8 Å². The predicted molar refractivity (Wildman–Crippen MR) is 130 cm³/mol. The van der Waals surface area contributed by atoms with Crippen molar-refractivity contribution in [3.63, 3.8) is 0 Å². The molecule has 8 nitrogen and oxygen atoms in total. The Morgan fingerprint density at radius 1 is 0.853 bits per heavy atom. The molecule has 3 aromatic rings. The van der Waals surface area contributed by atoms with Crippen molar-refractivity contribution in [1.82, 2.24) is 10.0 Å². The minimum absolute atomic E-state index is 0.0162. The van der Waals surface area contributed by atoms with E-state index >= 15 is 0 Å². The smallest absolute Gasteiger partial charge is 0.287 e. The summed E-state index contributed by atoms with van der Waals surface area (Å²) in [7, 11) is -3.74. The summed E-state index contributed by atoms with van der Waals surface area (Å²) in [4.78, 5) is 36.5. The number of rotatable bonds is 10. The van der Waals surface area contributed by atoms with Gasteiger partial charge in [-0.25, -0.2) is 13.1 Å². The number of nitrogens with one attached hydrogen (secondary N) is 2. The van der Waals surface area contributed by atoms with Crippen molar-refractivity contribution >= 4 is 43.6 Å². The van der Waals surface area contributed by atoms with Crippen LogP contribution in [0.5, 0.6) is 0 Å². The highest BCUT2D eigenvalue weighted by atomic mass is 79.9. The molecule has 34 heavy (non-hydrogen) atoms. The molecule has 3 rings (SSSR count). The number of hydrogen-bond acceptors (Lipinski definition) is 5. The van der Waals surface area contributed by atoms with Crippen LogP contribution in [-0.2, 0) is 32.6 Å². The van der Waals surface area contributed by atoms with Crippen LogP contribution in [0.1, 0.15) is 21.5 Å². The topological polar surface area (TPSA) is 135 Å². The van der Waals surface area contributed by atoms with Crippen LogP contribution in [0.3, 0.4) is 0 Å². The zero-order valence-corrected chi connectivity index (χ0v) is 20.3. The average Bonchev–Trinajstić information content (AvgIpc) is 2.83. The summed E-state index contributed by atoms with van der Waals surface area (Å²) in [6.45, 7) is 0.0162. The van der Waals surface area contributed by atoms with E-state index in [1.165, 1.54) is 18.2 Å². The normalized spacial score (nSPS) is 12.0. The highest BCUT2D eigenvalue weighted by Gasteiger charge is 2.26. The van der Waals surface area contributed by atoms with Crippen molar-refractivity contribution in [1.29, 1.82) is 0 Å². The first-order valence-corrected chi connectivity index (χ1v) is 12.5. The number of carbonyl (C=O) groups excluding carboxylic acids is 3. The maximum absolute atomic E-state index is 12.7. The third kappa shape index (κ3) is 6.60. The van der Waals surface area contributed by atoms with Crippen LogP contribution in [0.15, 0.2) is 88.2 Å². The van der Waals surface area contributed by atoms with Gasteiger partial charge < -0.3 is 11.1 Å². The van der Waals surface area contributed by atoms with Crippen LogP contribution in [0.25, 0.3) is 0 Å². The molecule has 1 unspecified atom stereocenters. The molecule has 0 saturated heterocycles. The summed E-state index contributed by atoms with van der Waals surface area (Å²) in [6.07, 6.45) is 0.114. The first-order valence-electron chi connectivity index (χ1n) is 10.2. The third-order valence-electron chi connectivity index (χ3n) is 4.96. The molecular weight excluding hydrogens is 522 g/mol. The van der Waals surface area contributed by atoms with Gasteiger partial charge in [-0.15, -0.1) is 0 Å². The molecule has 2 amide bonds. The summed E-state index contributed by atoms with van der Waals surface area (Å²) in [6, 6.07) is 20.5. The molecule has 4 N–H and O–H groups in total. The van der Waals surface area contributed by atoms with Gasteiger partial charge >= 0.3 is 0 Å². The molecule has 1 atom stereocenters. The number of ketones is 1. The fourth-order valence-corrected chi connectivity index (χ4v) is 5.18. The zero-order chi connectivity index (χ0) is 24.7. The molecule has 0 aliphatic heterocycles. The van der Waals surface area contributed by atoms with E-state index in [9.17, 15) is 22.8 Å². The van der Waals surface area contributed by atoms with Crippen molar-refractivity contribution in [2.24, 2.45) is 5.73 Å². The predicted octanol–water partition coefficient (Wildman–Crippen LogP) is 2.32. The van der Waals surface area contributed by atoms with Crippen molar-refractivity contribution < 1.29 is 22.8 Å². The Kier molecular flexibility index (Phi) is 8.32. The number of sulfonamides is 1. The molecule has 0 heterocycles. The second-order valence-corrected chi connectivity index (χ2v) is 9.99. The average molecular weight is 544 g/mol. The molecule has 0 aromatic heterocycles. The van der Waals surface area contributed by atoms with Crippen LogP contribution in [-0.4, -0.2) is 32.1 Å². The summed E-state index contributed by atoms with van der Waals surface area (Å²) < 4.78 is 28.0. The van der Waals surface area contributed by atoms with E-state index in [0.717, 1.165) is 5.56 Å². The quantitative estimate of drug-likeness (QED) is 0.337. The van der Waals surface area contributed by atoms with Crippen LogP contribution in [0.4, 0.5) is 0 Å². The van der Waals surface area contributed by atoms with Crippen LogP contribution in [0, 0.1) is 0 Å². The Labute approximate surface area is 205 Å². The monoisotopic (exact) mass is 543 g/mol. The van der Waals surface area contributed by atoms with Gasteiger partial charge in [-0.05, 0) is 51.3 Å². The lowest BCUT2D eigenvalue weighted by Gasteiger charge is -2.16. The highest BCUT2D eigenvalue weighted by Crippen LogP contribution is 2.21. The standard InChI is InChI=1S/C24H22BrN3O5S/c25-19-8-4-5-9-21(19)34(32,33)27-15-17-10-12-18(13-11-17)24(31)28-20(22(29)23(26)30)14-16-6-2-1-3-7-16/h1-13,20,27H,14-15H2,(H2,26,30)(H,28,31). The van der Waals surface area contributed by atoms with Crippen molar-refractivity contribution in [2.75, 3.05) is 0 Å². The van der Waals surface area contributed by atoms with Crippen LogP contribution in [0.2, 0.25) is 0 Å². The van der Waals surface area contributed by atoms with E-state index in [1.807, 2.05) is 6.07 Å². The van der Waals surface area contributed by atoms with E-state index in [0.29, 0.717) is 10.0 Å². The summed E-state index contributed by atoms with van der Waals surface area (Å²) in [5, 5.41) is 2.56. The number of halogens is 1. The van der Waals surface area contributed by atoms with Gasteiger partial charge in [-0.1, -0.05) is 54.6 Å². The molecule has 176 valence electrons. The summed E-state index contributed by atoms with van der Waals surface area (Å²) >= 11 is 3.23. The molecule has 0 saturated carbocycles. The largest absolute Gasteiger partial charge is 0.363 e. The second-order valence-electron chi connectivity index (χ2n) is 7.40. The van der Waals surface area contributed by atoms with E-state index in [4.69, 9.17) is 5.73 Å². The number of nitrogens with two attached hydrogens (primary N) is 1. The third-order valence-corrected chi connectivity index (χ3v) is 7.37. The first kappa shape index (κ1) is 25.3. The molecule has 0 aliphatic carbocycles. The van der Waals surface area contributed by atoms with E-state index in [-0.39, 0.29) is 23.4 Å². The Morgan fingerprint density at radius 2 is 1.47 bits per heavy atom. The van der Waals surface area contributed by atoms with E-state index < -0.39 is 33.7 Å². The zero-order valence-electron chi connectivity index (χ0n) is 17.9. The van der Waals surface area contributed by atoms with Gasteiger partial charge in [-0.3, -0.25) is 14.4 Å². The minimum Gasteiger partial charge on any atom is -0.363 e. The fraction of sp³-hybridized carbons (Fsp3) is 0.125. The maximum atomic E-state index is 12.7. The second kappa shape index (κ2) is 11.2. The lowest BCUT2D eigenvalue weighted by molar-refractivity contribution is -0.137. The number of benzene rings is 3. The van der Waals surface area contributed by atoms with Crippen LogP contribution < -0.4 is 15.8 Å². The Bertz CT molecular complexity index is 1300. The number of amides is 2. The molecule has 0 aliphatic rings. The van der Waals surface area contributed by atoms with E-state index in [2.05, 4.69) is 26.0 Å².